The van der Waals surface area contributed by atoms with E-state index in [9.17, 15) is 13.2 Å². The van der Waals surface area contributed by atoms with Gasteiger partial charge in [0.25, 0.3) is 0 Å². The summed E-state index contributed by atoms with van der Waals surface area (Å²) in [7, 11) is -3.00. The summed E-state index contributed by atoms with van der Waals surface area (Å²) in [5, 5.41) is -0.678. The van der Waals surface area contributed by atoms with Gasteiger partial charge < -0.3 is 0 Å². The number of benzene rings is 1. The number of ketones is 1. The van der Waals surface area contributed by atoms with Gasteiger partial charge in [-0.1, -0.05) is 12.1 Å². The van der Waals surface area contributed by atoms with Crippen molar-refractivity contribution in [1.82, 2.24) is 9.97 Å². The minimum Gasteiger partial charge on any atom is -0.292 e. The molecule has 0 amide bonds. The summed E-state index contributed by atoms with van der Waals surface area (Å²) in [5.41, 5.74) is 1.80. The van der Waals surface area contributed by atoms with Crippen molar-refractivity contribution in [1.29, 1.82) is 0 Å². The Bertz CT molecular complexity index is 843. The fraction of sp³-hybridized carbons (Fsp3) is 0.438. The Balaban J connectivity index is 1.64. The molecular weight excluding hydrogens is 300 g/mol. The highest BCUT2D eigenvalue weighted by molar-refractivity contribution is 7.93. The molecule has 6 heteroatoms. The van der Waals surface area contributed by atoms with Crippen molar-refractivity contribution >= 4 is 26.7 Å². The van der Waals surface area contributed by atoms with Gasteiger partial charge in [0.2, 0.25) is 0 Å². The molecule has 1 aromatic heterocycles. The molecule has 2 fully saturated rings. The van der Waals surface area contributed by atoms with Crippen LogP contribution in [0.5, 0.6) is 0 Å². The zero-order valence-corrected chi connectivity index (χ0v) is 12.8. The van der Waals surface area contributed by atoms with Crippen LogP contribution in [0.3, 0.4) is 0 Å². The van der Waals surface area contributed by atoms with Crippen LogP contribution in [0.4, 0.5) is 0 Å². The number of Topliss-reactive ketones (excluding diaryl/α,β-unsaturated/α-hetero) is 1. The Kier molecular flexibility index (Phi) is 3.04. The van der Waals surface area contributed by atoms with Crippen molar-refractivity contribution in [2.75, 3.05) is 0 Å². The number of para-hydroxylation sites is 2. The van der Waals surface area contributed by atoms with E-state index < -0.39 is 9.84 Å². The van der Waals surface area contributed by atoms with Crippen molar-refractivity contribution < 1.29 is 13.2 Å². The number of carbonyl (C=O) groups is 1. The number of carbonyl (C=O) groups excluding carboxylic acids is 1. The van der Waals surface area contributed by atoms with Gasteiger partial charge in [0.1, 0.15) is 5.69 Å². The highest BCUT2D eigenvalue weighted by Crippen LogP contribution is 2.42. The monoisotopic (exact) mass is 316 g/mol. The summed E-state index contributed by atoms with van der Waals surface area (Å²) >= 11 is 0. The fourth-order valence-corrected chi connectivity index (χ4v) is 6.18. The van der Waals surface area contributed by atoms with Crippen LogP contribution >= 0.6 is 0 Å². The van der Waals surface area contributed by atoms with Crippen molar-refractivity contribution in [3.05, 3.63) is 36.2 Å². The molecular formula is C16H16N2O3S. The molecule has 5 nitrogen and oxygen atoms in total. The van der Waals surface area contributed by atoms with Gasteiger partial charge in [-0.3, -0.25) is 9.78 Å². The first-order valence-electron chi connectivity index (χ1n) is 7.54. The summed E-state index contributed by atoms with van der Waals surface area (Å²) in [6.07, 6.45) is 3.77. The van der Waals surface area contributed by atoms with E-state index in [4.69, 9.17) is 0 Å². The molecule has 0 aliphatic carbocycles. The van der Waals surface area contributed by atoms with Gasteiger partial charge in [-0.2, -0.15) is 0 Å². The molecule has 2 saturated heterocycles. The summed E-state index contributed by atoms with van der Waals surface area (Å²) in [4.78, 5) is 21.3. The number of sulfone groups is 1. The van der Waals surface area contributed by atoms with Crippen LogP contribution in [-0.4, -0.2) is 34.7 Å². The molecule has 2 aromatic rings. The van der Waals surface area contributed by atoms with Crippen LogP contribution in [0.25, 0.3) is 11.0 Å². The molecule has 2 aliphatic heterocycles. The first-order chi connectivity index (χ1) is 10.6. The Morgan fingerprint density at radius 1 is 1.05 bits per heavy atom. The number of aromatic nitrogens is 2. The van der Waals surface area contributed by atoms with Gasteiger partial charge in [0, 0.05) is 5.92 Å². The van der Waals surface area contributed by atoms with Crippen molar-refractivity contribution in [2.24, 2.45) is 5.92 Å². The Labute approximate surface area is 128 Å². The van der Waals surface area contributed by atoms with Crippen LogP contribution in [0, 0.1) is 5.92 Å². The standard InChI is InChI=1S/C16H16N2O3S/c19-16(10-7-11-5-6-12(8-10)22(11,20)21)15-9-17-13-3-1-2-4-14(13)18-15/h1-4,9-12H,5-8H2. The first-order valence-corrected chi connectivity index (χ1v) is 9.15. The number of fused-ring (bicyclic) bond motifs is 3. The molecule has 1 aromatic carbocycles. The average Bonchev–Trinajstić information content (AvgIpc) is 2.72. The third kappa shape index (κ3) is 2.05. The molecule has 114 valence electrons. The smallest absolute Gasteiger partial charge is 0.185 e. The maximum Gasteiger partial charge on any atom is 0.185 e. The molecule has 2 atom stereocenters. The maximum atomic E-state index is 12.7. The number of hydrogen-bond acceptors (Lipinski definition) is 5. The average molecular weight is 316 g/mol. The largest absolute Gasteiger partial charge is 0.292 e. The summed E-state index contributed by atoms with van der Waals surface area (Å²) < 4.78 is 24.2. The fourth-order valence-electron chi connectivity index (χ4n) is 3.71. The van der Waals surface area contributed by atoms with E-state index in [1.54, 1.807) is 0 Å². The lowest BCUT2D eigenvalue weighted by Crippen LogP contribution is -2.36. The molecule has 22 heavy (non-hydrogen) atoms. The van der Waals surface area contributed by atoms with Crippen LogP contribution in [0.1, 0.15) is 36.2 Å². The summed E-state index contributed by atoms with van der Waals surface area (Å²) in [6, 6.07) is 7.42. The Hall–Kier alpha value is -1.82. The number of rotatable bonds is 2. The topological polar surface area (TPSA) is 77.0 Å². The normalized spacial score (nSPS) is 29.5. The van der Waals surface area contributed by atoms with E-state index >= 15 is 0 Å². The molecule has 2 unspecified atom stereocenters. The van der Waals surface area contributed by atoms with E-state index in [1.165, 1.54) is 6.20 Å². The first kappa shape index (κ1) is 13.8. The highest BCUT2D eigenvalue weighted by Gasteiger charge is 2.48. The minimum absolute atomic E-state index is 0.0648. The van der Waals surface area contributed by atoms with Gasteiger partial charge in [-0.15, -0.1) is 0 Å². The lowest BCUT2D eigenvalue weighted by Gasteiger charge is -2.26. The number of hydrogen-bond donors (Lipinski definition) is 0. The van der Waals surface area contributed by atoms with E-state index in [0.717, 1.165) is 5.52 Å². The van der Waals surface area contributed by atoms with Gasteiger partial charge >= 0.3 is 0 Å². The minimum atomic E-state index is -3.00. The van der Waals surface area contributed by atoms with Crippen LogP contribution in [0.2, 0.25) is 0 Å². The second-order valence-corrected chi connectivity index (χ2v) is 8.70. The summed E-state index contributed by atoms with van der Waals surface area (Å²) in [5.74, 6) is -0.304. The van der Waals surface area contributed by atoms with E-state index in [0.29, 0.717) is 36.9 Å². The summed E-state index contributed by atoms with van der Waals surface area (Å²) in [6.45, 7) is 0. The molecule has 4 rings (SSSR count). The predicted octanol–water partition coefficient (Wildman–Crippen LogP) is 2.17. The highest BCUT2D eigenvalue weighted by atomic mass is 32.2. The maximum absolute atomic E-state index is 12.7. The Morgan fingerprint density at radius 2 is 1.68 bits per heavy atom. The molecule has 3 heterocycles. The molecule has 2 aliphatic rings. The SMILES string of the molecule is O=C(c1cnc2ccccc2n1)C1CC2CCC(C1)S2(=O)=O. The van der Waals surface area contributed by atoms with Crippen LogP contribution < -0.4 is 0 Å². The van der Waals surface area contributed by atoms with Crippen molar-refractivity contribution in [2.45, 2.75) is 36.2 Å². The van der Waals surface area contributed by atoms with Gasteiger partial charge in [-0.25, -0.2) is 13.4 Å². The predicted molar refractivity (Wildman–Crippen MR) is 82.3 cm³/mol. The zero-order valence-electron chi connectivity index (χ0n) is 12.0. The molecule has 0 N–H and O–H groups in total. The molecule has 0 saturated carbocycles. The van der Waals surface area contributed by atoms with Crippen molar-refractivity contribution in [3.8, 4) is 0 Å². The van der Waals surface area contributed by atoms with Crippen molar-refractivity contribution in [3.63, 3.8) is 0 Å². The second kappa shape index (κ2) is 4.84. The van der Waals surface area contributed by atoms with E-state index in [-0.39, 0.29) is 22.2 Å². The molecule has 0 radical (unpaired) electrons. The lowest BCUT2D eigenvalue weighted by molar-refractivity contribution is 0.0900. The van der Waals surface area contributed by atoms with Gasteiger partial charge in [-0.05, 0) is 37.8 Å². The third-order valence-electron chi connectivity index (χ3n) is 4.91. The number of nitrogens with zero attached hydrogens (tertiary/aromatic N) is 2. The lowest BCUT2D eigenvalue weighted by atomic mass is 9.93. The quantitative estimate of drug-likeness (QED) is 0.794. The van der Waals surface area contributed by atoms with E-state index in [2.05, 4.69) is 9.97 Å². The van der Waals surface area contributed by atoms with Gasteiger partial charge in [0.15, 0.2) is 15.6 Å². The molecule has 2 bridgehead atoms. The van der Waals surface area contributed by atoms with E-state index in [1.807, 2.05) is 24.3 Å². The van der Waals surface area contributed by atoms with Crippen LogP contribution in [0.15, 0.2) is 30.5 Å². The molecule has 0 spiro atoms. The van der Waals surface area contributed by atoms with Crippen LogP contribution in [-0.2, 0) is 9.84 Å². The second-order valence-electron chi connectivity index (χ2n) is 6.19. The third-order valence-corrected chi connectivity index (χ3v) is 7.62. The zero-order chi connectivity index (χ0) is 15.3. The van der Waals surface area contributed by atoms with Gasteiger partial charge in [0.05, 0.1) is 27.7 Å². The Morgan fingerprint density at radius 3 is 2.36 bits per heavy atom.